The molecule has 0 saturated heterocycles. The average Bonchev–Trinajstić information content (AvgIpc) is 3.87. The van der Waals surface area contributed by atoms with Crippen molar-refractivity contribution < 1.29 is 4.74 Å². The molecule has 0 bridgehead atoms. The number of allylic oxidation sites excluding steroid dienone is 2. The van der Waals surface area contributed by atoms with E-state index in [9.17, 15) is 0 Å². The van der Waals surface area contributed by atoms with Gasteiger partial charge in [0.05, 0.1) is 16.9 Å². The number of benzene rings is 10. The fourth-order valence-electron chi connectivity index (χ4n) is 13.1. The zero-order valence-corrected chi connectivity index (χ0v) is 38.4. The van der Waals surface area contributed by atoms with Gasteiger partial charge in [0.25, 0.3) is 0 Å². The molecule has 0 N–H and O–H groups in total. The molecule has 5 aliphatic rings. The zero-order chi connectivity index (χ0) is 45.3. The summed E-state index contributed by atoms with van der Waals surface area (Å²) in [6, 6.07) is 84.1. The van der Waals surface area contributed by atoms with Crippen molar-refractivity contribution in [2.24, 2.45) is 0 Å². The fourth-order valence-corrected chi connectivity index (χ4v) is 14.3. The minimum absolute atomic E-state index is 0.0647. The summed E-state index contributed by atoms with van der Waals surface area (Å²) in [5.74, 6) is 1.86. The molecule has 0 amide bonds. The van der Waals surface area contributed by atoms with Crippen LogP contribution < -0.4 is 9.64 Å². The Hall–Kier alpha value is -8.11. The van der Waals surface area contributed by atoms with Gasteiger partial charge in [-0.1, -0.05) is 212 Å². The molecular weight excluding hydrogens is 855 g/mol. The molecule has 0 aromatic heterocycles. The smallest absolute Gasteiger partial charge is 0.132 e. The van der Waals surface area contributed by atoms with E-state index in [2.05, 4.69) is 254 Å². The van der Waals surface area contributed by atoms with Crippen LogP contribution in [0.25, 0.3) is 33.0 Å². The molecule has 3 aliphatic carbocycles. The molecule has 10 aromatic carbocycles. The molecule has 0 radical (unpaired) electrons. The Kier molecular flexibility index (Phi) is 8.29. The highest BCUT2D eigenvalue weighted by atomic mass is 32.2. The van der Waals surface area contributed by atoms with Gasteiger partial charge in [0.15, 0.2) is 0 Å². The lowest BCUT2D eigenvalue weighted by molar-refractivity contribution is 0.436. The maximum absolute atomic E-state index is 6.77. The highest BCUT2D eigenvalue weighted by Gasteiger charge is 2.53. The van der Waals surface area contributed by atoms with E-state index < -0.39 is 10.8 Å². The van der Waals surface area contributed by atoms with E-state index in [0.29, 0.717) is 0 Å². The third-order valence-corrected chi connectivity index (χ3v) is 16.9. The lowest BCUT2D eigenvalue weighted by atomic mass is 9.66. The molecule has 2 nitrogen and oxygen atoms in total. The van der Waals surface area contributed by atoms with Crippen LogP contribution in [0.1, 0.15) is 56.0 Å². The molecule has 2 spiro atoms. The van der Waals surface area contributed by atoms with Gasteiger partial charge < -0.3 is 9.64 Å². The molecule has 15 rings (SSSR count). The molecule has 3 heteroatoms. The Morgan fingerprint density at radius 2 is 0.971 bits per heavy atom. The van der Waals surface area contributed by atoms with Crippen molar-refractivity contribution in [1.82, 2.24) is 0 Å². The number of hydrogen-bond acceptors (Lipinski definition) is 3. The molecule has 2 heterocycles. The predicted octanol–water partition coefficient (Wildman–Crippen LogP) is 16.6. The van der Waals surface area contributed by atoms with Gasteiger partial charge in [0.1, 0.15) is 11.5 Å². The van der Waals surface area contributed by atoms with Gasteiger partial charge in [0.2, 0.25) is 0 Å². The summed E-state index contributed by atoms with van der Waals surface area (Å²) < 4.78 is 6.77. The topological polar surface area (TPSA) is 12.5 Å². The van der Waals surface area contributed by atoms with Crippen LogP contribution in [-0.4, -0.2) is 6.04 Å². The van der Waals surface area contributed by atoms with Crippen molar-refractivity contribution in [2.75, 3.05) is 4.90 Å². The summed E-state index contributed by atoms with van der Waals surface area (Å²) in [6.45, 7) is 0. The van der Waals surface area contributed by atoms with Crippen LogP contribution in [0, 0.1) is 0 Å². The summed E-state index contributed by atoms with van der Waals surface area (Å²) in [7, 11) is 0. The van der Waals surface area contributed by atoms with E-state index in [1.807, 2.05) is 11.8 Å². The van der Waals surface area contributed by atoms with Gasteiger partial charge in [-0.3, -0.25) is 0 Å². The maximum atomic E-state index is 6.77. The Labute approximate surface area is 406 Å². The van der Waals surface area contributed by atoms with Crippen LogP contribution in [0.4, 0.5) is 11.4 Å². The predicted molar refractivity (Wildman–Crippen MR) is 283 cm³/mol. The summed E-state index contributed by atoms with van der Waals surface area (Å²) in [5.41, 5.74) is 17.8. The van der Waals surface area contributed by atoms with E-state index in [1.54, 1.807) is 0 Å². The first-order valence-electron chi connectivity index (χ1n) is 24.1. The second kappa shape index (κ2) is 14.7. The van der Waals surface area contributed by atoms with Crippen molar-refractivity contribution in [3.8, 4) is 33.8 Å². The number of nitrogens with zero attached hydrogens (tertiary/aromatic N) is 1. The second-order valence-corrected chi connectivity index (χ2v) is 20.1. The number of ether oxygens (including phenoxy) is 1. The van der Waals surface area contributed by atoms with E-state index in [1.165, 1.54) is 98.6 Å². The van der Waals surface area contributed by atoms with Crippen LogP contribution in [0.15, 0.2) is 259 Å². The number of fused-ring (bicyclic) bond motifs is 19. The molecular formula is C66H43NOS. The number of para-hydroxylation sites is 2. The highest BCUT2D eigenvalue weighted by molar-refractivity contribution is 7.99. The lowest BCUT2D eigenvalue weighted by Crippen LogP contribution is -2.36. The van der Waals surface area contributed by atoms with E-state index in [-0.39, 0.29) is 12.0 Å². The first-order chi connectivity index (χ1) is 34.2. The van der Waals surface area contributed by atoms with Gasteiger partial charge in [-0.15, -0.1) is 0 Å². The van der Waals surface area contributed by atoms with Gasteiger partial charge in [0, 0.05) is 43.8 Å². The molecule has 324 valence electrons. The SMILES string of the molecule is C1=CC(c2ccccc2)C(N(c2ccc3c(c2)C2(c4ccccc4Sc4cc5ccccc5cc42)c2ccccc2-3)c2cccc3c2-c2ccccc2C32c3ccccc3Oc3ccccc32)C=C1. The normalized spacial score (nSPS) is 18.8. The van der Waals surface area contributed by atoms with Crippen LogP contribution >= 0.6 is 11.8 Å². The summed E-state index contributed by atoms with van der Waals surface area (Å²) in [6.07, 6.45) is 9.31. The molecule has 3 atom stereocenters. The van der Waals surface area contributed by atoms with Crippen molar-refractivity contribution in [2.45, 2.75) is 32.6 Å². The number of rotatable bonds is 4. The molecule has 2 aliphatic heterocycles. The van der Waals surface area contributed by atoms with Crippen LogP contribution in [0.2, 0.25) is 0 Å². The van der Waals surface area contributed by atoms with Crippen LogP contribution in [-0.2, 0) is 10.8 Å². The minimum atomic E-state index is -0.597. The molecule has 3 unspecified atom stereocenters. The van der Waals surface area contributed by atoms with Crippen LogP contribution in [0.5, 0.6) is 11.5 Å². The first kappa shape index (κ1) is 38.9. The standard InChI is InChI=1S/C66H43NOS/c1-2-19-42(20-3-1)46-23-8-14-32-58(46)67(59-33-18-31-55-64(59)49-25-7-10-27-51(49)65(55)52-28-11-15-34-60(52)68-61-35-16-12-29-53(61)65)45-37-38-48-47-24-6-9-26-50(47)66(56(48)41-45)54-30-13-17-36-62(54)69-63-40-44-22-5-4-21-43(44)39-57(63)66/h1-41,46,58H. The molecule has 69 heavy (non-hydrogen) atoms. The van der Waals surface area contributed by atoms with E-state index in [4.69, 9.17) is 4.74 Å². The van der Waals surface area contributed by atoms with Crippen molar-refractivity contribution >= 4 is 33.9 Å². The minimum Gasteiger partial charge on any atom is -0.457 e. The number of hydrogen-bond donors (Lipinski definition) is 0. The van der Waals surface area contributed by atoms with Gasteiger partial charge in [-0.25, -0.2) is 0 Å². The third kappa shape index (κ3) is 5.23. The third-order valence-electron chi connectivity index (χ3n) is 15.8. The Bertz CT molecular complexity index is 3800. The quantitative estimate of drug-likeness (QED) is 0.175. The highest BCUT2D eigenvalue weighted by Crippen LogP contribution is 2.66. The lowest BCUT2D eigenvalue weighted by Gasteiger charge is -2.42. The largest absolute Gasteiger partial charge is 0.457 e. The molecule has 10 aromatic rings. The summed E-state index contributed by atoms with van der Waals surface area (Å²) >= 11 is 1.91. The summed E-state index contributed by atoms with van der Waals surface area (Å²) in [4.78, 5) is 5.29. The van der Waals surface area contributed by atoms with Crippen molar-refractivity contribution in [3.05, 3.63) is 299 Å². The first-order valence-corrected chi connectivity index (χ1v) is 24.9. The van der Waals surface area contributed by atoms with Gasteiger partial charge in [-0.05, 0) is 115 Å². The van der Waals surface area contributed by atoms with Crippen LogP contribution in [0.3, 0.4) is 0 Å². The Balaban J connectivity index is 1.04. The van der Waals surface area contributed by atoms with Crippen molar-refractivity contribution in [3.63, 3.8) is 0 Å². The average molecular weight is 898 g/mol. The van der Waals surface area contributed by atoms with Crippen molar-refractivity contribution in [1.29, 1.82) is 0 Å². The van der Waals surface area contributed by atoms with Gasteiger partial charge in [-0.2, -0.15) is 0 Å². The molecule has 0 fully saturated rings. The number of anilines is 2. The Morgan fingerprint density at radius 3 is 1.75 bits per heavy atom. The fraction of sp³-hybridized carbons (Fsp3) is 0.0606. The Morgan fingerprint density at radius 1 is 0.391 bits per heavy atom. The monoisotopic (exact) mass is 897 g/mol. The molecule has 0 saturated carbocycles. The zero-order valence-electron chi connectivity index (χ0n) is 37.6. The van der Waals surface area contributed by atoms with Gasteiger partial charge >= 0.3 is 0 Å². The maximum Gasteiger partial charge on any atom is 0.132 e. The second-order valence-electron chi connectivity index (χ2n) is 19.0. The van der Waals surface area contributed by atoms with E-state index >= 15 is 0 Å². The summed E-state index contributed by atoms with van der Waals surface area (Å²) in [5, 5.41) is 2.52. The van der Waals surface area contributed by atoms with E-state index in [0.717, 1.165) is 17.2 Å².